The summed E-state index contributed by atoms with van der Waals surface area (Å²) < 4.78 is 0. The number of rotatable bonds is 3. The van der Waals surface area contributed by atoms with E-state index in [4.69, 9.17) is 0 Å². The minimum Gasteiger partial charge on any atom is -0.0616 e. The van der Waals surface area contributed by atoms with Gasteiger partial charge >= 0.3 is 0 Å². The molecule has 9 rings (SSSR count). The van der Waals surface area contributed by atoms with E-state index >= 15 is 0 Å². The highest BCUT2D eigenvalue weighted by molar-refractivity contribution is 6.25. The van der Waals surface area contributed by atoms with Crippen LogP contribution in [0.1, 0.15) is 0 Å². The van der Waals surface area contributed by atoms with Crippen LogP contribution in [0.15, 0.2) is 170 Å². The van der Waals surface area contributed by atoms with Gasteiger partial charge in [-0.1, -0.05) is 164 Å². The molecule has 0 aliphatic heterocycles. The molecule has 0 spiro atoms. The minimum atomic E-state index is 1.23. The summed E-state index contributed by atoms with van der Waals surface area (Å²) in [7, 11) is 0. The lowest BCUT2D eigenvalue weighted by atomic mass is 9.82. The molecule has 0 atom stereocenters. The second-order valence-corrected chi connectivity index (χ2v) is 11.6. The summed E-state index contributed by atoms with van der Waals surface area (Å²) in [6.07, 6.45) is 0. The van der Waals surface area contributed by atoms with Crippen LogP contribution in [0.25, 0.3) is 87.2 Å². The van der Waals surface area contributed by atoms with E-state index in [0.29, 0.717) is 0 Å². The molecule has 0 aliphatic carbocycles. The van der Waals surface area contributed by atoms with Crippen molar-refractivity contribution in [2.45, 2.75) is 0 Å². The lowest BCUT2D eigenvalue weighted by Gasteiger charge is -2.20. The average molecular weight is 557 g/mol. The highest BCUT2D eigenvalue weighted by Gasteiger charge is 2.20. The van der Waals surface area contributed by atoms with Crippen molar-refractivity contribution in [1.82, 2.24) is 0 Å². The van der Waals surface area contributed by atoms with E-state index in [1.807, 2.05) is 0 Å². The molecule has 0 bridgehead atoms. The largest absolute Gasteiger partial charge is 0.0616 e. The molecule has 0 heterocycles. The standard InChI is InChI=1S/C44H28/c1-2-14-31-28-32(25-24-29(31)12-1)34-16-5-6-17-37(34)43-39-18-7-9-20-41(39)44(42-21-10-8-19-40(42)43)38-23-11-22-35-33-15-4-3-13-30(33)26-27-36(35)38/h1-28H. The first-order valence-corrected chi connectivity index (χ1v) is 15.3. The highest BCUT2D eigenvalue weighted by atomic mass is 14.2. The Hall–Kier alpha value is -5.72. The number of fused-ring (bicyclic) bond motifs is 6. The second-order valence-electron chi connectivity index (χ2n) is 11.6. The van der Waals surface area contributed by atoms with E-state index in [1.165, 1.54) is 87.2 Å². The van der Waals surface area contributed by atoms with E-state index in [2.05, 4.69) is 170 Å². The Kier molecular flexibility index (Phi) is 5.61. The van der Waals surface area contributed by atoms with Crippen LogP contribution in [-0.2, 0) is 0 Å². The molecular weight excluding hydrogens is 528 g/mol. The smallest absolute Gasteiger partial charge is 0.00201 e. The molecule has 204 valence electrons. The summed E-state index contributed by atoms with van der Waals surface area (Å²) in [6.45, 7) is 0. The van der Waals surface area contributed by atoms with Gasteiger partial charge in [0.05, 0.1) is 0 Å². The first kappa shape index (κ1) is 24.8. The Bertz CT molecular complexity index is 2490. The third-order valence-corrected chi connectivity index (χ3v) is 9.24. The molecule has 0 saturated carbocycles. The zero-order valence-electron chi connectivity index (χ0n) is 24.2. The predicted molar refractivity (Wildman–Crippen MR) is 190 cm³/mol. The normalized spacial score (nSPS) is 11.6. The van der Waals surface area contributed by atoms with Gasteiger partial charge in [-0.05, 0) is 93.3 Å². The van der Waals surface area contributed by atoms with Gasteiger partial charge < -0.3 is 0 Å². The highest BCUT2D eigenvalue weighted by Crippen LogP contribution is 2.47. The SMILES string of the molecule is c1ccc(-c2c3ccccc3c(-c3cccc4c3ccc3ccccc34)c3ccccc23)c(-c2ccc3ccccc3c2)c1. The van der Waals surface area contributed by atoms with E-state index in [1.54, 1.807) is 0 Å². The van der Waals surface area contributed by atoms with E-state index < -0.39 is 0 Å². The molecule has 0 unspecified atom stereocenters. The lowest BCUT2D eigenvalue weighted by molar-refractivity contribution is 1.62. The fraction of sp³-hybridized carbons (Fsp3) is 0. The summed E-state index contributed by atoms with van der Waals surface area (Å²) >= 11 is 0. The Labute approximate surface area is 256 Å². The van der Waals surface area contributed by atoms with Gasteiger partial charge in [0.15, 0.2) is 0 Å². The molecule has 44 heavy (non-hydrogen) atoms. The molecule has 9 aromatic rings. The van der Waals surface area contributed by atoms with Crippen LogP contribution in [0.3, 0.4) is 0 Å². The van der Waals surface area contributed by atoms with Gasteiger partial charge in [0.25, 0.3) is 0 Å². The second kappa shape index (κ2) is 9.93. The van der Waals surface area contributed by atoms with Crippen molar-refractivity contribution in [3.05, 3.63) is 170 Å². The Morgan fingerprint density at radius 1 is 0.227 bits per heavy atom. The zero-order valence-corrected chi connectivity index (χ0v) is 24.2. The Morgan fingerprint density at radius 3 is 1.41 bits per heavy atom. The molecule has 0 heteroatoms. The van der Waals surface area contributed by atoms with Crippen molar-refractivity contribution in [2.24, 2.45) is 0 Å². The fourth-order valence-electron chi connectivity index (χ4n) is 7.28. The van der Waals surface area contributed by atoms with Crippen LogP contribution in [-0.4, -0.2) is 0 Å². The van der Waals surface area contributed by atoms with Gasteiger partial charge in [-0.15, -0.1) is 0 Å². The summed E-state index contributed by atoms with van der Waals surface area (Å²) in [4.78, 5) is 0. The topological polar surface area (TPSA) is 0 Å². The average Bonchev–Trinajstić information content (AvgIpc) is 3.10. The monoisotopic (exact) mass is 556 g/mol. The number of hydrogen-bond donors (Lipinski definition) is 0. The van der Waals surface area contributed by atoms with Crippen LogP contribution in [0, 0.1) is 0 Å². The molecule has 0 aliphatic rings. The van der Waals surface area contributed by atoms with E-state index in [-0.39, 0.29) is 0 Å². The zero-order chi connectivity index (χ0) is 29.0. The van der Waals surface area contributed by atoms with Crippen LogP contribution in [0.2, 0.25) is 0 Å². The van der Waals surface area contributed by atoms with Crippen molar-refractivity contribution in [3.63, 3.8) is 0 Å². The maximum Gasteiger partial charge on any atom is -0.00201 e. The van der Waals surface area contributed by atoms with Gasteiger partial charge in [0.1, 0.15) is 0 Å². The van der Waals surface area contributed by atoms with Crippen molar-refractivity contribution in [2.75, 3.05) is 0 Å². The molecule has 0 radical (unpaired) electrons. The quantitative estimate of drug-likeness (QED) is 0.150. The van der Waals surface area contributed by atoms with E-state index in [0.717, 1.165) is 0 Å². The first-order chi connectivity index (χ1) is 21.8. The Balaban J connectivity index is 1.38. The predicted octanol–water partition coefficient (Wildman–Crippen LogP) is 12.5. The maximum atomic E-state index is 2.33. The summed E-state index contributed by atoms with van der Waals surface area (Å²) in [5.74, 6) is 0. The Morgan fingerprint density at radius 2 is 0.705 bits per heavy atom. The molecule has 0 nitrogen and oxygen atoms in total. The maximum absolute atomic E-state index is 2.33. The van der Waals surface area contributed by atoms with Gasteiger partial charge in [-0.3, -0.25) is 0 Å². The molecule has 0 fully saturated rings. The van der Waals surface area contributed by atoms with Crippen LogP contribution < -0.4 is 0 Å². The third kappa shape index (κ3) is 3.78. The van der Waals surface area contributed by atoms with Crippen molar-refractivity contribution >= 4 is 53.9 Å². The number of benzene rings is 9. The molecule has 9 aromatic carbocycles. The third-order valence-electron chi connectivity index (χ3n) is 9.24. The summed E-state index contributed by atoms with van der Waals surface area (Å²) in [5.41, 5.74) is 7.59. The molecule has 0 amide bonds. The molecule has 0 aromatic heterocycles. The van der Waals surface area contributed by atoms with Crippen molar-refractivity contribution in [1.29, 1.82) is 0 Å². The van der Waals surface area contributed by atoms with Crippen LogP contribution in [0.4, 0.5) is 0 Å². The van der Waals surface area contributed by atoms with E-state index in [9.17, 15) is 0 Å². The van der Waals surface area contributed by atoms with Crippen LogP contribution in [0.5, 0.6) is 0 Å². The summed E-state index contributed by atoms with van der Waals surface area (Å²) in [6, 6.07) is 62.3. The van der Waals surface area contributed by atoms with Gasteiger partial charge in [-0.2, -0.15) is 0 Å². The van der Waals surface area contributed by atoms with Gasteiger partial charge in [-0.25, -0.2) is 0 Å². The van der Waals surface area contributed by atoms with Crippen molar-refractivity contribution < 1.29 is 0 Å². The van der Waals surface area contributed by atoms with Crippen molar-refractivity contribution in [3.8, 4) is 33.4 Å². The van der Waals surface area contributed by atoms with Gasteiger partial charge in [0.2, 0.25) is 0 Å². The minimum absolute atomic E-state index is 1.23. The lowest BCUT2D eigenvalue weighted by Crippen LogP contribution is -1.93. The molecular formula is C44H28. The van der Waals surface area contributed by atoms with Gasteiger partial charge in [0, 0.05) is 0 Å². The van der Waals surface area contributed by atoms with Crippen LogP contribution >= 0.6 is 0 Å². The molecule has 0 saturated heterocycles. The fourth-order valence-corrected chi connectivity index (χ4v) is 7.28. The first-order valence-electron chi connectivity index (χ1n) is 15.3. The summed E-state index contributed by atoms with van der Waals surface area (Å²) in [5, 5.41) is 12.7. The number of hydrogen-bond acceptors (Lipinski definition) is 0. The molecule has 0 N–H and O–H groups in total.